The summed E-state index contributed by atoms with van der Waals surface area (Å²) in [7, 11) is -1.99. The molecule has 1 aromatic rings. The van der Waals surface area contributed by atoms with Crippen molar-refractivity contribution < 1.29 is 22.7 Å². The Hall–Kier alpha value is -1.84. The molecule has 1 saturated heterocycles. The lowest BCUT2D eigenvalue weighted by molar-refractivity contribution is -0.119. The lowest BCUT2D eigenvalue weighted by Gasteiger charge is -2.26. The van der Waals surface area contributed by atoms with Gasteiger partial charge in [-0.25, -0.2) is 8.42 Å². The minimum absolute atomic E-state index is 0.0470. The number of hydrogen-bond acceptors (Lipinski definition) is 6. The maximum absolute atomic E-state index is 12.3. The van der Waals surface area contributed by atoms with E-state index in [0.717, 1.165) is 12.8 Å². The number of nitrogens with one attached hydrogen (secondary N) is 2. The summed E-state index contributed by atoms with van der Waals surface area (Å²) in [6, 6.07) is 4.09. The predicted molar refractivity (Wildman–Crippen MR) is 96.2 cm³/mol. The summed E-state index contributed by atoms with van der Waals surface area (Å²) >= 11 is 0. The number of methoxy groups -OCH3 is 1. The first-order valence-corrected chi connectivity index (χ1v) is 9.84. The van der Waals surface area contributed by atoms with E-state index >= 15 is 0 Å². The van der Waals surface area contributed by atoms with Gasteiger partial charge in [-0.1, -0.05) is 0 Å². The van der Waals surface area contributed by atoms with Crippen LogP contribution in [-0.4, -0.2) is 46.4 Å². The van der Waals surface area contributed by atoms with Crippen LogP contribution in [-0.2, 0) is 19.6 Å². The van der Waals surface area contributed by atoms with E-state index in [1.165, 1.54) is 7.11 Å². The molecule has 1 aromatic carbocycles. The molecule has 4 N–H and O–H groups in total. The summed E-state index contributed by atoms with van der Waals surface area (Å²) in [5.74, 6) is 0.0748. The Bertz CT molecular complexity index is 702. The van der Waals surface area contributed by atoms with Crippen molar-refractivity contribution in [3.05, 3.63) is 18.2 Å². The lowest BCUT2D eigenvalue weighted by Crippen LogP contribution is -2.44. The van der Waals surface area contributed by atoms with Crippen LogP contribution in [0.25, 0.3) is 0 Å². The zero-order valence-electron chi connectivity index (χ0n) is 14.4. The summed E-state index contributed by atoms with van der Waals surface area (Å²) < 4.78 is 36.3. The quantitative estimate of drug-likeness (QED) is 0.661. The van der Waals surface area contributed by atoms with Gasteiger partial charge in [-0.2, -0.15) is 0 Å². The van der Waals surface area contributed by atoms with Gasteiger partial charge in [-0.05, 0) is 37.8 Å². The SMILES string of the molecule is CCS(=O)(=O)Nc1ccc(NC(=O)C(N)C2CCOCC2)cc1OC. The van der Waals surface area contributed by atoms with Gasteiger partial charge in [-0.3, -0.25) is 9.52 Å². The second-order valence-corrected chi connectivity index (χ2v) is 7.90. The number of sulfonamides is 1. The molecule has 1 aliphatic rings. The molecule has 1 unspecified atom stereocenters. The molecule has 0 bridgehead atoms. The molecule has 140 valence electrons. The van der Waals surface area contributed by atoms with E-state index in [-0.39, 0.29) is 17.6 Å². The highest BCUT2D eigenvalue weighted by Crippen LogP contribution is 2.29. The smallest absolute Gasteiger partial charge is 0.241 e. The Kier molecular flexibility index (Phi) is 6.63. The molecule has 1 amide bonds. The number of carbonyl (C=O) groups is 1. The zero-order chi connectivity index (χ0) is 18.4. The van der Waals surface area contributed by atoms with Crippen LogP contribution in [0.4, 0.5) is 11.4 Å². The Morgan fingerprint density at radius 2 is 2.08 bits per heavy atom. The number of ether oxygens (including phenoxy) is 2. The summed E-state index contributed by atoms with van der Waals surface area (Å²) in [6.45, 7) is 2.78. The number of hydrogen-bond donors (Lipinski definition) is 3. The average Bonchev–Trinajstić information content (AvgIpc) is 2.62. The van der Waals surface area contributed by atoms with E-state index in [0.29, 0.717) is 30.3 Å². The van der Waals surface area contributed by atoms with Crippen molar-refractivity contribution in [2.75, 3.05) is 36.1 Å². The first-order chi connectivity index (χ1) is 11.9. The average molecular weight is 371 g/mol. The first-order valence-electron chi connectivity index (χ1n) is 8.19. The largest absolute Gasteiger partial charge is 0.494 e. The van der Waals surface area contributed by atoms with Gasteiger partial charge in [0.2, 0.25) is 15.9 Å². The van der Waals surface area contributed by atoms with Crippen LogP contribution in [0.3, 0.4) is 0 Å². The van der Waals surface area contributed by atoms with Crippen LogP contribution >= 0.6 is 0 Å². The highest BCUT2D eigenvalue weighted by Gasteiger charge is 2.26. The van der Waals surface area contributed by atoms with Crippen LogP contribution in [0.2, 0.25) is 0 Å². The number of anilines is 2. The van der Waals surface area contributed by atoms with Crippen LogP contribution in [0.1, 0.15) is 19.8 Å². The zero-order valence-corrected chi connectivity index (χ0v) is 15.3. The topological polar surface area (TPSA) is 120 Å². The van der Waals surface area contributed by atoms with Gasteiger partial charge < -0.3 is 20.5 Å². The fourth-order valence-corrected chi connectivity index (χ4v) is 3.26. The van der Waals surface area contributed by atoms with Gasteiger partial charge in [0.05, 0.1) is 24.6 Å². The monoisotopic (exact) mass is 371 g/mol. The minimum Gasteiger partial charge on any atom is -0.494 e. The van der Waals surface area contributed by atoms with Gasteiger partial charge in [0.1, 0.15) is 5.75 Å². The Balaban J connectivity index is 2.08. The molecule has 25 heavy (non-hydrogen) atoms. The number of rotatable bonds is 7. The van der Waals surface area contributed by atoms with E-state index in [4.69, 9.17) is 15.2 Å². The second kappa shape index (κ2) is 8.50. The molecule has 9 heteroatoms. The molecule has 0 spiro atoms. The summed E-state index contributed by atoms with van der Waals surface area (Å²) in [5, 5.41) is 2.76. The fourth-order valence-electron chi connectivity index (χ4n) is 2.61. The first kappa shape index (κ1) is 19.5. The third kappa shape index (κ3) is 5.32. The number of amides is 1. The van der Waals surface area contributed by atoms with Crippen molar-refractivity contribution >= 4 is 27.3 Å². The molecule has 1 heterocycles. The maximum Gasteiger partial charge on any atom is 0.241 e. The Morgan fingerprint density at radius 3 is 2.68 bits per heavy atom. The van der Waals surface area contributed by atoms with E-state index in [1.54, 1.807) is 25.1 Å². The Labute approximate surface area is 148 Å². The number of carbonyl (C=O) groups excluding carboxylic acids is 1. The molecule has 0 aliphatic carbocycles. The third-order valence-corrected chi connectivity index (χ3v) is 5.48. The van der Waals surface area contributed by atoms with Crippen LogP contribution < -0.4 is 20.5 Å². The Morgan fingerprint density at radius 1 is 1.40 bits per heavy atom. The third-order valence-electron chi connectivity index (χ3n) is 4.19. The van der Waals surface area contributed by atoms with Crippen molar-refractivity contribution in [3.63, 3.8) is 0 Å². The maximum atomic E-state index is 12.3. The van der Waals surface area contributed by atoms with Crippen molar-refractivity contribution in [3.8, 4) is 5.75 Å². The molecule has 0 radical (unpaired) electrons. The van der Waals surface area contributed by atoms with Crippen LogP contribution in [0.5, 0.6) is 5.75 Å². The van der Waals surface area contributed by atoms with E-state index in [9.17, 15) is 13.2 Å². The van der Waals surface area contributed by atoms with E-state index in [2.05, 4.69) is 10.0 Å². The molecule has 2 rings (SSSR count). The number of nitrogens with two attached hydrogens (primary N) is 1. The summed E-state index contributed by atoms with van der Waals surface area (Å²) in [4.78, 5) is 12.3. The van der Waals surface area contributed by atoms with Gasteiger partial charge in [0.25, 0.3) is 0 Å². The standard InChI is InChI=1S/C16H25N3O5S/c1-3-25(21,22)19-13-5-4-12(10-14(13)23-2)18-16(20)15(17)11-6-8-24-9-7-11/h4-5,10-11,15,19H,3,6-9,17H2,1-2H3,(H,18,20). The van der Waals surface area contributed by atoms with Gasteiger partial charge in [0, 0.05) is 25.0 Å². The second-order valence-electron chi connectivity index (χ2n) is 5.89. The highest BCUT2D eigenvalue weighted by molar-refractivity contribution is 7.92. The van der Waals surface area contributed by atoms with Crippen molar-refractivity contribution in [2.45, 2.75) is 25.8 Å². The van der Waals surface area contributed by atoms with Crippen LogP contribution in [0.15, 0.2) is 18.2 Å². The molecule has 8 nitrogen and oxygen atoms in total. The van der Waals surface area contributed by atoms with Crippen molar-refractivity contribution in [1.29, 1.82) is 0 Å². The fraction of sp³-hybridized carbons (Fsp3) is 0.562. The molecule has 0 saturated carbocycles. The predicted octanol–water partition coefficient (Wildman–Crippen LogP) is 1.15. The highest BCUT2D eigenvalue weighted by atomic mass is 32.2. The summed E-state index contributed by atoms with van der Waals surface area (Å²) in [6.07, 6.45) is 1.52. The summed E-state index contributed by atoms with van der Waals surface area (Å²) in [5.41, 5.74) is 6.86. The van der Waals surface area contributed by atoms with Gasteiger partial charge >= 0.3 is 0 Å². The molecule has 1 aliphatic heterocycles. The molecular formula is C16H25N3O5S. The molecule has 0 aromatic heterocycles. The van der Waals surface area contributed by atoms with E-state index < -0.39 is 16.1 Å². The van der Waals surface area contributed by atoms with E-state index in [1.807, 2.05) is 0 Å². The normalized spacial score (nSPS) is 16.9. The molecule has 1 fully saturated rings. The molecule has 1 atom stereocenters. The van der Waals surface area contributed by atoms with Crippen LogP contribution in [0, 0.1) is 5.92 Å². The van der Waals surface area contributed by atoms with Crippen molar-refractivity contribution in [1.82, 2.24) is 0 Å². The molecular weight excluding hydrogens is 346 g/mol. The lowest BCUT2D eigenvalue weighted by atomic mass is 9.92. The number of benzene rings is 1. The van der Waals surface area contributed by atoms with Crippen molar-refractivity contribution in [2.24, 2.45) is 11.7 Å². The minimum atomic E-state index is -3.42. The van der Waals surface area contributed by atoms with Gasteiger partial charge in [-0.15, -0.1) is 0 Å². The van der Waals surface area contributed by atoms with Gasteiger partial charge in [0.15, 0.2) is 0 Å².